The lowest BCUT2D eigenvalue weighted by molar-refractivity contribution is -0.365. The Bertz CT molecular complexity index is 952. The monoisotopic (exact) mass is 745 g/mol. The average molecular weight is 746 g/mol. The first-order chi connectivity index (χ1) is 24.9. The van der Waals surface area contributed by atoms with Gasteiger partial charge < -0.3 is 82.4 Å². The molecule has 2 aliphatic heterocycles. The minimum Gasteiger partial charge on any atom is -0.463 e. The predicted molar refractivity (Wildman–Crippen MR) is 170 cm³/mol. The second-order valence-electron chi connectivity index (χ2n) is 11.1. The van der Waals surface area contributed by atoms with E-state index in [9.17, 15) is 25.2 Å². The molecule has 0 spiro atoms. The zero-order chi connectivity index (χ0) is 37.3. The number of carbonyl (C=O) groups excluding carboxylic acids is 1. The Labute approximate surface area is 296 Å². The van der Waals surface area contributed by atoms with Crippen LogP contribution in [0, 0.1) is 0 Å². The molecule has 21 nitrogen and oxygen atoms in total. The molecule has 0 saturated carbocycles. The van der Waals surface area contributed by atoms with Gasteiger partial charge in [-0.2, -0.15) is 0 Å². The van der Waals surface area contributed by atoms with Crippen molar-refractivity contribution in [3.05, 3.63) is 10.4 Å². The molecule has 21 heteroatoms. The molecule has 0 bridgehead atoms. The molecule has 2 fully saturated rings. The highest BCUT2D eigenvalue weighted by molar-refractivity contribution is 5.69. The molecule has 0 aromatic heterocycles. The van der Waals surface area contributed by atoms with Gasteiger partial charge in [-0.05, 0) is 12.0 Å². The van der Waals surface area contributed by atoms with E-state index in [1.165, 1.54) is 14.2 Å². The van der Waals surface area contributed by atoms with Crippen molar-refractivity contribution in [1.82, 2.24) is 0 Å². The van der Waals surface area contributed by atoms with Crippen LogP contribution in [0.2, 0.25) is 0 Å². The summed E-state index contributed by atoms with van der Waals surface area (Å²) in [4.78, 5) is 14.8. The number of azide groups is 1. The lowest BCUT2D eigenvalue weighted by Crippen LogP contribution is -2.66. The fraction of sp³-hybridized carbons (Fsp3) is 0.967. The summed E-state index contributed by atoms with van der Waals surface area (Å²) in [5.41, 5.74) is 8.21. The Morgan fingerprint density at radius 3 is 1.88 bits per heavy atom. The summed E-state index contributed by atoms with van der Waals surface area (Å²) in [5, 5.41) is 53.7. The first kappa shape index (κ1) is 45.3. The Balaban J connectivity index is 1.99. The molecule has 4 unspecified atom stereocenters. The Morgan fingerprint density at radius 1 is 0.686 bits per heavy atom. The van der Waals surface area contributed by atoms with Crippen LogP contribution in [0.25, 0.3) is 10.4 Å². The predicted octanol–water partition coefficient (Wildman–Crippen LogP) is -2.35. The van der Waals surface area contributed by atoms with E-state index < -0.39 is 67.4 Å². The topological polar surface area (TPSA) is 278 Å². The van der Waals surface area contributed by atoms with E-state index in [1.807, 2.05) is 0 Å². The maximum absolute atomic E-state index is 12.1. The molecule has 0 radical (unpaired) electrons. The van der Waals surface area contributed by atoms with Crippen molar-refractivity contribution in [2.45, 2.75) is 74.3 Å². The number of ether oxygens (including phenoxy) is 12. The van der Waals surface area contributed by atoms with E-state index >= 15 is 0 Å². The van der Waals surface area contributed by atoms with Crippen LogP contribution in [0.5, 0.6) is 0 Å². The van der Waals surface area contributed by atoms with Crippen molar-refractivity contribution >= 4 is 5.97 Å². The van der Waals surface area contributed by atoms with Crippen LogP contribution in [0.15, 0.2) is 5.11 Å². The van der Waals surface area contributed by atoms with Gasteiger partial charge in [0.1, 0.15) is 55.4 Å². The molecule has 5 N–H and O–H groups in total. The molecular formula is C30H55N3O18. The highest BCUT2D eigenvalue weighted by atomic mass is 16.8. The number of hydrogen-bond acceptors (Lipinski definition) is 19. The lowest BCUT2D eigenvalue weighted by Gasteiger charge is -2.48. The van der Waals surface area contributed by atoms with Gasteiger partial charge >= 0.3 is 5.97 Å². The van der Waals surface area contributed by atoms with Gasteiger partial charge in [-0.25, -0.2) is 0 Å². The standard InChI is InChI=1S/C30H55N3O18/c1-40-25-20(18-44-11-6-34)50-30(24(39)27(25)47-12-7-35)51-26-21(49-29(41-2)23(38)28(26)48-13-8-36)19-45-16-17-46-22(37)4-3-9-42-14-15-43-10-5-32-33-31/h20-21,23-30,34-36,38-39H,3-19H2,1-2H3/t20?,21?,23?,24?,25-,26-,27-,28-,29+,30-/m1/s1. The molecule has 0 aliphatic carbocycles. The molecule has 2 saturated heterocycles. The third-order valence-corrected chi connectivity index (χ3v) is 7.56. The normalized spacial score (nSPS) is 29.5. The number of nitrogens with zero attached hydrogens (tertiary/aromatic N) is 3. The van der Waals surface area contributed by atoms with E-state index in [0.717, 1.165) is 0 Å². The Morgan fingerprint density at radius 2 is 1.25 bits per heavy atom. The van der Waals surface area contributed by atoms with Crippen LogP contribution in [0.3, 0.4) is 0 Å². The minimum absolute atomic E-state index is 0.00672. The van der Waals surface area contributed by atoms with Gasteiger partial charge in [0, 0.05) is 38.7 Å². The highest BCUT2D eigenvalue weighted by Crippen LogP contribution is 2.32. The van der Waals surface area contributed by atoms with Gasteiger partial charge in [0.25, 0.3) is 0 Å². The fourth-order valence-electron chi connectivity index (χ4n) is 5.27. The second-order valence-corrected chi connectivity index (χ2v) is 11.1. The van der Waals surface area contributed by atoms with Crippen molar-refractivity contribution < 1.29 is 87.2 Å². The molecule has 2 aliphatic rings. The van der Waals surface area contributed by atoms with Crippen LogP contribution in [0.1, 0.15) is 12.8 Å². The number of aliphatic hydroxyl groups is 5. The maximum atomic E-state index is 12.1. The fourth-order valence-corrected chi connectivity index (χ4v) is 5.27. The van der Waals surface area contributed by atoms with Crippen molar-refractivity contribution in [2.24, 2.45) is 5.11 Å². The first-order valence-electron chi connectivity index (χ1n) is 16.8. The number of methoxy groups -OCH3 is 2. The van der Waals surface area contributed by atoms with Crippen molar-refractivity contribution in [2.75, 3.05) is 113 Å². The van der Waals surface area contributed by atoms with Crippen LogP contribution < -0.4 is 0 Å². The molecule has 0 amide bonds. The molecule has 51 heavy (non-hydrogen) atoms. The summed E-state index contributed by atoms with van der Waals surface area (Å²) >= 11 is 0. The lowest BCUT2D eigenvalue weighted by atomic mass is 9.96. The average Bonchev–Trinajstić information content (AvgIpc) is 3.13. The molecule has 2 heterocycles. The first-order valence-corrected chi connectivity index (χ1v) is 16.8. The number of rotatable bonds is 29. The van der Waals surface area contributed by atoms with E-state index in [2.05, 4.69) is 10.0 Å². The summed E-state index contributed by atoms with van der Waals surface area (Å²) in [6, 6.07) is 0. The number of hydrogen-bond donors (Lipinski definition) is 5. The van der Waals surface area contributed by atoms with E-state index in [-0.39, 0.29) is 79.0 Å². The van der Waals surface area contributed by atoms with E-state index in [4.69, 9.17) is 67.5 Å². The maximum Gasteiger partial charge on any atom is 0.305 e. The third-order valence-electron chi connectivity index (χ3n) is 7.56. The number of aliphatic hydroxyl groups excluding tert-OH is 5. The van der Waals surface area contributed by atoms with Gasteiger partial charge in [-0.1, -0.05) is 5.11 Å². The van der Waals surface area contributed by atoms with Gasteiger partial charge in [-0.15, -0.1) is 0 Å². The quantitative estimate of drug-likeness (QED) is 0.0176. The van der Waals surface area contributed by atoms with E-state index in [1.54, 1.807) is 0 Å². The van der Waals surface area contributed by atoms with Crippen LogP contribution in [0.4, 0.5) is 0 Å². The van der Waals surface area contributed by atoms with Crippen LogP contribution in [-0.4, -0.2) is 206 Å². The van der Waals surface area contributed by atoms with E-state index in [0.29, 0.717) is 32.8 Å². The second kappa shape index (κ2) is 27.7. The molecule has 10 atom stereocenters. The zero-order valence-electron chi connectivity index (χ0n) is 29.2. The molecule has 0 aromatic carbocycles. The number of esters is 1. The third kappa shape index (κ3) is 16.4. The van der Waals surface area contributed by atoms with Gasteiger partial charge in [0.2, 0.25) is 0 Å². The van der Waals surface area contributed by atoms with Gasteiger partial charge in [0.05, 0.1) is 79.3 Å². The summed E-state index contributed by atoms with van der Waals surface area (Å²) < 4.78 is 67.6. The minimum atomic E-state index is -1.47. The summed E-state index contributed by atoms with van der Waals surface area (Å²) in [6.07, 6.45) is -11.0. The Hall–Kier alpha value is -1.86. The summed E-state index contributed by atoms with van der Waals surface area (Å²) in [6.45, 7) is -0.0492. The van der Waals surface area contributed by atoms with Crippen LogP contribution in [-0.2, 0) is 61.6 Å². The molecule has 0 aromatic rings. The van der Waals surface area contributed by atoms with Crippen LogP contribution >= 0.6 is 0 Å². The molecular weight excluding hydrogens is 690 g/mol. The summed E-state index contributed by atoms with van der Waals surface area (Å²) in [7, 11) is 2.71. The zero-order valence-corrected chi connectivity index (χ0v) is 29.2. The smallest absolute Gasteiger partial charge is 0.305 e. The van der Waals surface area contributed by atoms with Crippen molar-refractivity contribution in [3.63, 3.8) is 0 Å². The SMILES string of the molecule is CO[C@H]1OC(COCCOC(=O)CCCOCCOCCN=[N+]=[N-])[C@@H](O[C@H]2OC(COCCO)[C@@H](OC)[C@H](OCCO)C2O)[C@H](OCCO)C1O. The van der Waals surface area contributed by atoms with Crippen molar-refractivity contribution in [1.29, 1.82) is 0 Å². The largest absolute Gasteiger partial charge is 0.463 e. The Kier molecular flexibility index (Phi) is 24.6. The molecule has 2 rings (SSSR count). The summed E-state index contributed by atoms with van der Waals surface area (Å²) in [5.74, 6) is -0.448. The molecule has 298 valence electrons. The number of carbonyl (C=O) groups is 1. The van der Waals surface area contributed by atoms with Gasteiger partial charge in [-0.3, -0.25) is 4.79 Å². The highest BCUT2D eigenvalue weighted by Gasteiger charge is 2.52. The van der Waals surface area contributed by atoms with Crippen molar-refractivity contribution in [3.8, 4) is 0 Å². The van der Waals surface area contributed by atoms with Gasteiger partial charge in [0.15, 0.2) is 12.6 Å².